The minimum absolute atomic E-state index is 0.0517. The lowest BCUT2D eigenvalue weighted by molar-refractivity contribution is -0.118. The average molecular weight is 443 g/mol. The van der Waals surface area contributed by atoms with Crippen molar-refractivity contribution in [2.45, 2.75) is 26.7 Å². The first-order valence-electron chi connectivity index (χ1n) is 10.6. The molecule has 0 aliphatic carbocycles. The van der Waals surface area contributed by atoms with Gasteiger partial charge in [0.1, 0.15) is 5.75 Å². The van der Waals surface area contributed by atoms with Gasteiger partial charge in [-0.1, -0.05) is 80.6 Å². The summed E-state index contributed by atoms with van der Waals surface area (Å²) in [5.41, 5.74) is 6.39. The Balaban J connectivity index is 1.38. The smallest absolute Gasteiger partial charge is 0.264 e. The number of thiazole rings is 1. The van der Waals surface area contributed by atoms with Gasteiger partial charge in [0.2, 0.25) is 0 Å². The molecule has 1 N–H and O–H groups in total. The number of amides is 1. The largest absolute Gasteiger partial charge is 0.483 e. The summed E-state index contributed by atoms with van der Waals surface area (Å²) in [6.45, 7) is 6.19. The molecule has 0 radical (unpaired) electrons. The summed E-state index contributed by atoms with van der Waals surface area (Å²) in [5.74, 6) is 0.860. The first-order chi connectivity index (χ1) is 15.5. The summed E-state index contributed by atoms with van der Waals surface area (Å²) in [6.07, 6.45) is 0. The molecule has 0 aliphatic rings. The molecule has 5 heteroatoms. The molecule has 0 fully saturated rings. The van der Waals surface area contributed by atoms with Gasteiger partial charge < -0.3 is 4.74 Å². The van der Waals surface area contributed by atoms with Crippen molar-refractivity contribution in [1.82, 2.24) is 4.98 Å². The zero-order valence-corrected chi connectivity index (χ0v) is 19.3. The van der Waals surface area contributed by atoms with E-state index >= 15 is 0 Å². The third-order valence-electron chi connectivity index (χ3n) is 5.19. The van der Waals surface area contributed by atoms with Crippen LogP contribution >= 0.6 is 11.3 Å². The SMILES string of the molecule is Cc1ccc(C(C)C)c(OCC(=O)Nc2nc(-c3ccc(-c4ccccc4)cc3)cs2)c1. The van der Waals surface area contributed by atoms with Crippen molar-refractivity contribution < 1.29 is 9.53 Å². The molecule has 3 aromatic carbocycles. The maximum absolute atomic E-state index is 12.4. The fourth-order valence-corrected chi connectivity index (χ4v) is 4.21. The van der Waals surface area contributed by atoms with E-state index in [9.17, 15) is 4.79 Å². The van der Waals surface area contributed by atoms with Gasteiger partial charge in [0.25, 0.3) is 5.91 Å². The first-order valence-corrected chi connectivity index (χ1v) is 11.5. The van der Waals surface area contributed by atoms with Crippen molar-refractivity contribution in [3.63, 3.8) is 0 Å². The molecule has 0 unspecified atom stereocenters. The van der Waals surface area contributed by atoms with Gasteiger partial charge in [-0.3, -0.25) is 10.1 Å². The van der Waals surface area contributed by atoms with Crippen LogP contribution in [0.3, 0.4) is 0 Å². The third-order valence-corrected chi connectivity index (χ3v) is 5.95. The Bertz CT molecular complexity index is 1200. The van der Waals surface area contributed by atoms with E-state index < -0.39 is 0 Å². The molecule has 1 aromatic heterocycles. The van der Waals surface area contributed by atoms with Gasteiger partial charge in [-0.25, -0.2) is 4.98 Å². The van der Waals surface area contributed by atoms with E-state index in [2.05, 4.69) is 72.7 Å². The number of carbonyl (C=O) groups excluding carboxylic acids is 1. The summed E-state index contributed by atoms with van der Waals surface area (Å²) in [7, 11) is 0. The van der Waals surface area contributed by atoms with E-state index in [4.69, 9.17) is 4.74 Å². The predicted octanol–water partition coefficient (Wildman–Crippen LogP) is 6.93. The molecule has 0 spiro atoms. The Morgan fingerprint density at radius 1 is 0.969 bits per heavy atom. The monoisotopic (exact) mass is 442 g/mol. The third kappa shape index (κ3) is 5.24. The lowest BCUT2D eigenvalue weighted by atomic mass is 10.0. The lowest BCUT2D eigenvalue weighted by Crippen LogP contribution is -2.20. The second-order valence-corrected chi connectivity index (χ2v) is 8.87. The number of hydrogen-bond donors (Lipinski definition) is 1. The number of anilines is 1. The first kappa shape index (κ1) is 21.8. The van der Waals surface area contributed by atoms with Crippen LogP contribution in [0.4, 0.5) is 5.13 Å². The lowest BCUT2D eigenvalue weighted by Gasteiger charge is -2.14. The second kappa shape index (κ2) is 9.79. The molecule has 4 rings (SSSR count). The molecule has 1 heterocycles. The van der Waals surface area contributed by atoms with Crippen LogP contribution in [0.2, 0.25) is 0 Å². The highest BCUT2D eigenvalue weighted by Crippen LogP contribution is 2.29. The summed E-state index contributed by atoms with van der Waals surface area (Å²) in [4.78, 5) is 17.0. The van der Waals surface area contributed by atoms with Crippen molar-refractivity contribution in [3.8, 4) is 28.1 Å². The minimum Gasteiger partial charge on any atom is -0.483 e. The predicted molar refractivity (Wildman–Crippen MR) is 132 cm³/mol. The molecule has 0 saturated heterocycles. The molecular weight excluding hydrogens is 416 g/mol. The zero-order valence-electron chi connectivity index (χ0n) is 18.5. The molecule has 0 aliphatic heterocycles. The molecule has 1 amide bonds. The molecular formula is C27H26N2O2S. The number of ether oxygens (including phenoxy) is 1. The number of nitrogens with one attached hydrogen (secondary N) is 1. The van der Waals surface area contributed by atoms with E-state index in [0.29, 0.717) is 11.0 Å². The summed E-state index contributed by atoms with van der Waals surface area (Å²) in [5, 5.41) is 5.36. The van der Waals surface area contributed by atoms with E-state index in [1.807, 2.05) is 36.6 Å². The summed E-state index contributed by atoms with van der Waals surface area (Å²) in [6, 6.07) is 24.6. The molecule has 4 nitrogen and oxygen atoms in total. The summed E-state index contributed by atoms with van der Waals surface area (Å²) < 4.78 is 5.82. The molecule has 0 atom stereocenters. The van der Waals surface area contributed by atoms with Crippen LogP contribution in [0.1, 0.15) is 30.9 Å². The van der Waals surface area contributed by atoms with Crippen molar-refractivity contribution in [3.05, 3.63) is 89.3 Å². The number of benzene rings is 3. The van der Waals surface area contributed by atoms with Gasteiger partial charge >= 0.3 is 0 Å². The van der Waals surface area contributed by atoms with Crippen LogP contribution in [-0.2, 0) is 4.79 Å². The highest BCUT2D eigenvalue weighted by atomic mass is 32.1. The Morgan fingerprint density at radius 3 is 2.38 bits per heavy atom. The van der Waals surface area contributed by atoms with Crippen LogP contribution in [0.5, 0.6) is 5.75 Å². The van der Waals surface area contributed by atoms with Gasteiger partial charge in [0, 0.05) is 10.9 Å². The van der Waals surface area contributed by atoms with Crippen molar-refractivity contribution >= 4 is 22.4 Å². The van der Waals surface area contributed by atoms with E-state index in [-0.39, 0.29) is 12.5 Å². The van der Waals surface area contributed by atoms with Crippen molar-refractivity contribution in [2.24, 2.45) is 0 Å². The van der Waals surface area contributed by atoms with Crippen LogP contribution in [0, 0.1) is 6.92 Å². The number of carbonyl (C=O) groups is 1. The van der Waals surface area contributed by atoms with Crippen molar-refractivity contribution in [1.29, 1.82) is 0 Å². The quantitative estimate of drug-likeness (QED) is 0.338. The fourth-order valence-electron chi connectivity index (χ4n) is 3.47. The zero-order chi connectivity index (χ0) is 22.5. The number of hydrogen-bond acceptors (Lipinski definition) is 4. The Morgan fingerprint density at radius 2 is 1.66 bits per heavy atom. The Kier molecular flexibility index (Phi) is 6.66. The standard InChI is InChI=1S/C27H26N2O2S/c1-18(2)23-14-9-19(3)15-25(23)31-16-26(30)29-27-28-24(17-32-27)22-12-10-21(11-13-22)20-7-5-4-6-8-20/h4-15,17-18H,16H2,1-3H3,(H,28,29,30). The minimum atomic E-state index is -0.221. The fraction of sp³-hybridized carbons (Fsp3) is 0.185. The second-order valence-electron chi connectivity index (χ2n) is 8.01. The maximum Gasteiger partial charge on any atom is 0.264 e. The van der Waals surface area contributed by atoms with Crippen LogP contribution in [0.15, 0.2) is 78.2 Å². The molecule has 0 bridgehead atoms. The summed E-state index contributed by atoms with van der Waals surface area (Å²) >= 11 is 1.41. The van der Waals surface area contributed by atoms with Crippen molar-refractivity contribution in [2.75, 3.05) is 11.9 Å². The number of aryl methyl sites for hydroxylation is 1. The van der Waals surface area contributed by atoms with Crippen LogP contribution < -0.4 is 10.1 Å². The van der Waals surface area contributed by atoms with Gasteiger partial charge in [-0.15, -0.1) is 11.3 Å². The number of rotatable bonds is 7. The average Bonchev–Trinajstić information content (AvgIpc) is 3.26. The van der Waals surface area contributed by atoms with Crippen LogP contribution in [-0.4, -0.2) is 17.5 Å². The normalized spacial score (nSPS) is 10.9. The van der Waals surface area contributed by atoms with Gasteiger partial charge in [0.15, 0.2) is 11.7 Å². The highest BCUT2D eigenvalue weighted by Gasteiger charge is 2.12. The Hall–Kier alpha value is -3.44. The topological polar surface area (TPSA) is 51.2 Å². The van der Waals surface area contributed by atoms with Gasteiger partial charge in [0.05, 0.1) is 5.69 Å². The maximum atomic E-state index is 12.4. The number of aromatic nitrogens is 1. The molecule has 162 valence electrons. The van der Waals surface area contributed by atoms with Gasteiger partial charge in [-0.05, 0) is 41.2 Å². The number of nitrogens with zero attached hydrogens (tertiary/aromatic N) is 1. The Labute approximate surface area is 192 Å². The molecule has 32 heavy (non-hydrogen) atoms. The van der Waals surface area contributed by atoms with Gasteiger partial charge in [-0.2, -0.15) is 0 Å². The van der Waals surface area contributed by atoms with E-state index in [0.717, 1.165) is 33.7 Å². The van der Waals surface area contributed by atoms with Crippen LogP contribution in [0.25, 0.3) is 22.4 Å². The molecule has 4 aromatic rings. The van der Waals surface area contributed by atoms with E-state index in [1.54, 1.807) is 0 Å². The highest BCUT2D eigenvalue weighted by molar-refractivity contribution is 7.14. The van der Waals surface area contributed by atoms with E-state index in [1.165, 1.54) is 16.9 Å². The molecule has 0 saturated carbocycles.